The molecule has 4 N–H and O–H groups in total. The van der Waals surface area contributed by atoms with Crippen molar-refractivity contribution in [3.8, 4) is 5.75 Å². The molecule has 2 aromatic rings. The first-order chi connectivity index (χ1) is 8.66. The molecule has 2 rings (SSSR count). The van der Waals surface area contributed by atoms with Gasteiger partial charge in [-0.15, -0.1) is 0 Å². The molecule has 0 aliphatic rings. The summed E-state index contributed by atoms with van der Waals surface area (Å²) < 4.78 is 5.58. The molecule has 18 heavy (non-hydrogen) atoms. The summed E-state index contributed by atoms with van der Waals surface area (Å²) in [7, 11) is 0. The molecule has 0 bridgehead atoms. The molecule has 0 saturated carbocycles. The van der Waals surface area contributed by atoms with Crippen LogP contribution in [0.15, 0.2) is 48.5 Å². The van der Waals surface area contributed by atoms with E-state index in [1.165, 1.54) is 0 Å². The highest BCUT2D eigenvalue weighted by Crippen LogP contribution is 2.19. The van der Waals surface area contributed by atoms with Gasteiger partial charge in [0.05, 0.1) is 5.56 Å². The molecule has 0 fully saturated rings. The highest BCUT2D eigenvalue weighted by molar-refractivity contribution is 5.95. The van der Waals surface area contributed by atoms with Gasteiger partial charge in [0, 0.05) is 5.69 Å². The van der Waals surface area contributed by atoms with Crippen LogP contribution >= 0.6 is 0 Å². The third kappa shape index (κ3) is 2.79. The maximum atomic E-state index is 11.2. The second kappa shape index (κ2) is 5.23. The molecule has 0 aromatic heterocycles. The zero-order chi connectivity index (χ0) is 13.0. The number of carbonyl (C=O) groups is 1. The number of ether oxygens (including phenoxy) is 1. The molecule has 4 nitrogen and oxygen atoms in total. The Morgan fingerprint density at radius 3 is 2.39 bits per heavy atom. The van der Waals surface area contributed by atoms with Crippen molar-refractivity contribution in [2.75, 3.05) is 5.73 Å². The molecule has 2 aromatic carbocycles. The van der Waals surface area contributed by atoms with Crippen molar-refractivity contribution in [1.82, 2.24) is 0 Å². The highest BCUT2D eigenvalue weighted by atomic mass is 16.5. The lowest BCUT2D eigenvalue weighted by Gasteiger charge is -2.09. The second-order valence-corrected chi connectivity index (χ2v) is 3.89. The normalized spacial score (nSPS) is 10.0. The number of rotatable bonds is 4. The number of nitrogen functional groups attached to an aromatic ring is 1. The van der Waals surface area contributed by atoms with Crippen molar-refractivity contribution in [2.24, 2.45) is 5.73 Å². The third-order valence-corrected chi connectivity index (χ3v) is 2.53. The van der Waals surface area contributed by atoms with Crippen LogP contribution < -0.4 is 16.2 Å². The van der Waals surface area contributed by atoms with Crippen molar-refractivity contribution >= 4 is 11.6 Å². The van der Waals surface area contributed by atoms with Crippen LogP contribution in [0, 0.1) is 0 Å². The summed E-state index contributed by atoms with van der Waals surface area (Å²) in [4.78, 5) is 11.2. The fourth-order valence-electron chi connectivity index (χ4n) is 1.57. The number of anilines is 1. The lowest BCUT2D eigenvalue weighted by atomic mass is 10.2. The van der Waals surface area contributed by atoms with E-state index in [9.17, 15) is 4.79 Å². The first-order valence-electron chi connectivity index (χ1n) is 5.53. The van der Waals surface area contributed by atoms with Crippen LogP contribution in [0.4, 0.5) is 5.69 Å². The van der Waals surface area contributed by atoms with Crippen LogP contribution in [-0.2, 0) is 6.61 Å². The average Bonchev–Trinajstić information content (AvgIpc) is 2.38. The number of hydrogen-bond acceptors (Lipinski definition) is 3. The number of benzene rings is 2. The number of amides is 1. The van der Waals surface area contributed by atoms with E-state index in [4.69, 9.17) is 16.2 Å². The molecule has 0 spiro atoms. The predicted octanol–water partition coefficient (Wildman–Crippen LogP) is 1.95. The molecule has 0 heterocycles. The van der Waals surface area contributed by atoms with Crippen LogP contribution in [0.2, 0.25) is 0 Å². The van der Waals surface area contributed by atoms with Gasteiger partial charge in [-0.2, -0.15) is 0 Å². The first kappa shape index (κ1) is 12.0. The maximum absolute atomic E-state index is 11.2. The van der Waals surface area contributed by atoms with Gasteiger partial charge in [-0.25, -0.2) is 0 Å². The van der Waals surface area contributed by atoms with Gasteiger partial charge in [0.2, 0.25) is 0 Å². The van der Waals surface area contributed by atoms with Gasteiger partial charge < -0.3 is 16.2 Å². The molecule has 4 heteroatoms. The Morgan fingerprint density at radius 1 is 1.06 bits per heavy atom. The molecule has 1 amide bonds. The van der Waals surface area contributed by atoms with Gasteiger partial charge in [0.25, 0.3) is 5.91 Å². The van der Waals surface area contributed by atoms with Crippen LogP contribution in [0.25, 0.3) is 0 Å². The molecule has 0 saturated heterocycles. The van der Waals surface area contributed by atoms with E-state index in [1.54, 1.807) is 36.4 Å². The molecule has 0 unspecified atom stereocenters. The van der Waals surface area contributed by atoms with E-state index in [-0.39, 0.29) is 0 Å². The zero-order valence-corrected chi connectivity index (χ0v) is 9.80. The number of nitrogens with two attached hydrogens (primary N) is 2. The minimum absolute atomic E-state index is 0.366. The minimum atomic E-state index is -0.497. The van der Waals surface area contributed by atoms with E-state index in [0.717, 1.165) is 5.56 Å². The van der Waals surface area contributed by atoms with Crippen molar-refractivity contribution < 1.29 is 9.53 Å². The Balaban J connectivity index is 2.10. The Kier molecular flexibility index (Phi) is 3.48. The summed E-state index contributed by atoms with van der Waals surface area (Å²) in [5.41, 5.74) is 12.9. The SMILES string of the molecule is NC(=O)c1ccccc1OCc1ccc(N)cc1. The Labute approximate surface area is 105 Å². The number of carbonyl (C=O) groups excluding carboxylic acids is 1. The summed E-state index contributed by atoms with van der Waals surface area (Å²) in [6, 6.07) is 14.3. The predicted molar refractivity (Wildman–Crippen MR) is 70.1 cm³/mol. The van der Waals surface area contributed by atoms with Gasteiger partial charge in [0.15, 0.2) is 0 Å². The fourth-order valence-corrected chi connectivity index (χ4v) is 1.57. The largest absolute Gasteiger partial charge is 0.488 e. The lowest BCUT2D eigenvalue weighted by Crippen LogP contribution is -2.12. The summed E-state index contributed by atoms with van der Waals surface area (Å²) in [6.45, 7) is 0.366. The molecule has 0 atom stereocenters. The zero-order valence-electron chi connectivity index (χ0n) is 9.80. The van der Waals surface area contributed by atoms with Gasteiger partial charge in [-0.3, -0.25) is 4.79 Å². The smallest absolute Gasteiger partial charge is 0.252 e. The number of hydrogen-bond donors (Lipinski definition) is 2. The highest BCUT2D eigenvalue weighted by Gasteiger charge is 2.07. The van der Waals surface area contributed by atoms with E-state index >= 15 is 0 Å². The molecular weight excluding hydrogens is 228 g/mol. The molecule has 0 aliphatic heterocycles. The van der Waals surface area contributed by atoms with E-state index in [0.29, 0.717) is 23.6 Å². The van der Waals surface area contributed by atoms with Crippen LogP contribution in [0.5, 0.6) is 5.75 Å². The fraction of sp³-hybridized carbons (Fsp3) is 0.0714. The van der Waals surface area contributed by atoms with Crippen molar-refractivity contribution in [1.29, 1.82) is 0 Å². The van der Waals surface area contributed by atoms with Gasteiger partial charge in [0.1, 0.15) is 12.4 Å². The van der Waals surface area contributed by atoms with Gasteiger partial charge >= 0.3 is 0 Å². The van der Waals surface area contributed by atoms with E-state index in [2.05, 4.69) is 0 Å². The lowest BCUT2D eigenvalue weighted by molar-refractivity contribution is 0.0996. The standard InChI is InChI=1S/C14H14N2O2/c15-11-7-5-10(6-8-11)9-18-13-4-2-1-3-12(13)14(16)17/h1-8H,9,15H2,(H2,16,17). The quantitative estimate of drug-likeness (QED) is 0.804. The molecular formula is C14H14N2O2. The van der Waals surface area contributed by atoms with Crippen molar-refractivity contribution in [3.05, 3.63) is 59.7 Å². The first-order valence-corrected chi connectivity index (χ1v) is 5.53. The van der Waals surface area contributed by atoms with Gasteiger partial charge in [-0.05, 0) is 29.8 Å². The topological polar surface area (TPSA) is 78.3 Å². The summed E-state index contributed by atoms with van der Waals surface area (Å²) >= 11 is 0. The molecule has 92 valence electrons. The van der Waals surface area contributed by atoms with Crippen molar-refractivity contribution in [2.45, 2.75) is 6.61 Å². The Morgan fingerprint density at radius 2 is 1.72 bits per heavy atom. The van der Waals surface area contributed by atoms with Crippen LogP contribution in [0.3, 0.4) is 0 Å². The Hall–Kier alpha value is -2.49. The minimum Gasteiger partial charge on any atom is -0.488 e. The van der Waals surface area contributed by atoms with Crippen LogP contribution in [-0.4, -0.2) is 5.91 Å². The number of primary amides is 1. The van der Waals surface area contributed by atoms with E-state index < -0.39 is 5.91 Å². The van der Waals surface area contributed by atoms with Crippen LogP contribution in [0.1, 0.15) is 15.9 Å². The molecule has 0 aliphatic carbocycles. The Bertz CT molecular complexity index is 550. The number of para-hydroxylation sites is 1. The second-order valence-electron chi connectivity index (χ2n) is 3.89. The van der Waals surface area contributed by atoms with Gasteiger partial charge in [-0.1, -0.05) is 24.3 Å². The van der Waals surface area contributed by atoms with Crippen molar-refractivity contribution in [3.63, 3.8) is 0 Å². The monoisotopic (exact) mass is 242 g/mol. The molecule has 0 radical (unpaired) electrons. The average molecular weight is 242 g/mol. The third-order valence-electron chi connectivity index (χ3n) is 2.53. The van der Waals surface area contributed by atoms with E-state index in [1.807, 2.05) is 12.1 Å². The maximum Gasteiger partial charge on any atom is 0.252 e. The summed E-state index contributed by atoms with van der Waals surface area (Å²) in [5.74, 6) is -0.00951. The summed E-state index contributed by atoms with van der Waals surface area (Å²) in [6.07, 6.45) is 0. The summed E-state index contributed by atoms with van der Waals surface area (Å²) in [5, 5.41) is 0.